The molecular weight excluding hydrogens is 332 g/mol. The number of nitrogens with one attached hydrogen (secondary N) is 2. The van der Waals surface area contributed by atoms with Crippen LogP contribution in [0, 0.1) is 0 Å². The topological polar surface area (TPSA) is 75.3 Å². The van der Waals surface area contributed by atoms with Gasteiger partial charge in [0.1, 0.15) is 0 Å². The molecule has 0 atom stereocenters. The molecule has 0 radical (unpaired) electrons. The molecule has 0 aliphatic carbocycles. The van der Waals surface area contributed by atoms with Crippen LogP contribution in [0.1, 0.15) is 11.8 Å². The summed E-state index contributed by atoms with van der Waals surface area (Å²) in [5.41, 5.74) is 0.544. The molecule has 0 aliphatic heterocycles. The van der Waals surface area contributed by atoms with Crippen LogP contribution in [0.25, 0.3) is 0 Å². The molecule has 8 heteroatoms. The maximum Gasteiger partial charge on any atom is 0.240 e. The lowest BCUT2D eigenvalue weighted by atomic mass is 10.3. The SMILES string of the molecule is CC(=O)Nc1ccc(S(=O)(=O)NCc2sccc2Cl)cc1. The molecule has 0 saturated heterocycles. The second kappa shape index (κ2) is 6.57. The van der Waals surface area contributed by atoms with Gasteiger partial charge in [-0.1, -0.05) is 11.6 Å². The Hall–Kier alpha value is -1.41. The van der Waals surface area contributed by atoms with Gasteiger partial charge in [0.15, 0.2) is 0 Å². The van der Waals surface area contributed by atoms with E-state index in [1.807, 2.05) is 0 Å². The summed E-state index contributed by atoms with van der Waals surface area (Å²) >= 11 is 7.31. The van der Waals surface area contributed by atoms with Crippen molar-refractivity contribution < 1.29 is 13.2 Å². The smallest absolute Gasteiger partial charge is 0.240 e. The second-order valence-corrected chi connectivity index (χ2v) is 7.40. The maximum atomic E-state index is 12.1. The normalized spacial score (nSPS) is 11.3. The fourth-order valence-corrected chi connectivity index (χ4v) is 3.75. The molecular formula is C13H13ClN2O3S2. The highest BCUT2D eigenvalue weighted by molar-refractivity contribution is 7.89. The summed E-state index contributed by atoms with van der Waals surface area (Å²) in [5, 5.41) is 4.92. The molecule has 2 rings (SSSR count). The molecule has 5 nitrogen and oxygen atoms in total. The lowest BCUT2D eigenvalue weighted by Gasteiger charge is -2.07. The van der Waals surface area contributed by atoms with Crippen molar-refractivity contribution in [3.8, 4) is 0 Å². The summed E-state index contributed by atoms with van der Waals surface area (Å²) in [7, 11) is -3.61. The van der Waals surface area contributed by atoms with Gasteiger partial charge in [-0.3, -0.25) is 4.79 Å². The van der Waals surface area contributed by atoms with Crippen LogP contribution >= 0.6 is 22.9 Å². The van der Waals surface area contributed by atoms with Crippen LogP contribution < -0.4 is 10.0 Å². The molecule has 0 saturated carbocycles. The number of hydrogen-bond donors (Lipinski definition) is 2. The first-order valence-electron chi connectivity index (χ1n) is 5.97. The Balaban J connectivity index is 2.08. The van der Waals surface area contributed by atoms with E-state index in [-0.39, 0.29) is 17.3 Å². The van der Waals surface area contributed by atoms with E-state index in [0.717, 1.165) is 4.88 Å². The van der Waals surface area contributed by atoms with Gasteiger partial charge < -0.3 is 5.32 Å². The average Bonchev–Trinajstić information content (AvgIpc) is 2.82. The minimum atomic E-state index is -3.61. The van der Waals surface area contributed by atoms with Gasteiger partial charge in [-0.05, 0) is 35.7 Å². The van der Waals surface area contributed by atoms with Gasteiger partial charge in [-0.15, -0.1) is 11.3 Å². The minimum absolute atomic E-state index is 0.129. The van der Waals surface area contributed by atoms with Crippen molar-refractivity contribution >= 4 is 44.6 Å². The highest BCUT2D eigenvalue weighted by atomic mass is 35.5. The van der Waals surface area contributed by atoms with Gasteiger partial charge in [0.2, 0.25) is 15.9 Å². The van der Waals surface area contributed by atoms with E-state index < -0.39 is 10.0 Å². The third kappa shape index (κ3) is 4.28. The van der Waals surface area contributed by atoms with Crippen molar-refractivity contribution in [2.24, 2.45) is 0 Å². The number of rotatable bonds is 5. The predicted molar refractivity (Wildman–Crippen MR) is 84.1 cm³/mol. The first-order valence-corrected chi connectivity index (χ1v) is 8.72. The van der Waals surface area contributed by atoms with Crippen LogP contribution in [0.2, 0.25) is 5.02 Å². The molecule has 1 amide bonds. The standard InChI is InChI=1S/C13H13ClN2O3S2/c1-9(17)16-10-2-4-11(5-3-10)21(18,19)15-8-13-12(14)6-7-20-13/h2-7,15H,8H2,1H3,(H,16,17). The summed E-state index contributed by atoms with van der Waals surface area (Å²) < 4.78 is 26.8. The third-order valence-corrected chi connectivity index (χ3v) is 5.40. The van der Waals surface area contributed by atoms with Gasteiger partial charge in [-0.25, -0.2) is 13.1 Å². The van der Waals surface area contributed by atoms with E-state index in [1.165, 1.54) is 42.5 Å². The summed E-state index contributed by atoms with van der Waals surface area (Å²) in [5.74, 6) is -0.212. The summed E-state index contributed by atoms with van der Waals surface area (Å²) in [6.45, 7) is 1.53. The van der Waals surface area contributed by atoms with Crippen molar-refractivity contribution in [3.05, 3.63) is 45.6 Å². The number of hydrogen-bond acceptors (Lipinski definition) is 4. The van der Waals surface area contributed by atoms with Gasteiger partial charge in [0.25, 0.3) is 0 Å². The molecule has 1 heterocycles. The molecule has 1 aromatic carbocycles. The Kier molecular flexibility index (Phi) is 5.00. The zero-order valence-corrected chi connectivity index (χ0v) is 13.5. The Morgan fingerprint density at radius 1 is 1.24 bits per heavy atom. The number of benzene rings is 1. The zero-order valence-electron chi connectivity index (χ0n) is 11.1. The van der Waals surface area contributed by atoms with E-state index in [2.05, 4.69) is 10.0 Å². The fraction of sp³-hybridized carbons (Fsp3) is 0.154. The van der Waals surface area contributed by atoms with E-state index in [9.17, 15) is 13.2 Å². The Morgan fingerprint density at radius 3 is 2.43 bits per heavy atom. The van der Waals surface area contributed by atoms with Gasteiger partial charge in [0.05, 0.1) is 9.92 Å². The highest BCUT2D eigenvalue weighted by Gasteiger charge is 2.14. The monoisotopic (exact) mass is 344 g/mol. The predicted octanol–water partition coefficient (Wildman–Crippen LogP) is 2.84. The average molecular weight is 345 g/mol. The molecule has 0 spiro atoms. The van der Waals surface area contributed by atoms with Gasteiger partial charge in [-0.2, -0.15) is 0 Å². The van der Waals surface area contributed by atoms with Crippen molar-refractivity contribution in [1.82, 2.24) is 4.72 Å². The molecule has 112 valence electrons. The van der Waals surface area contributed by atoms with Crippen LogP contribution in [-0.2, 0) is 21.4 Å². The quantitative estimate of drug-likeness (QED) is 0.875. The van der Waals surface area contributed by atoms with Crippen molar-refractivity contribution in [1.29, 1.82) is 0 Å². The fourth-order valence-electron chi connectivity index (χ4n) is 1.62. The van der Waals surface area contributed by atoms with Crippen LogP contribution in [0.4, 0.5) is 5.69 Å². The van der Waals surface area contributed by atoms with Crippen molar-refractivity contribution in [2.75, 3.05) is 5.32 Å². The summed E-state index contributed by atoms with van der Waals surface area (Å²) in [6.07, 6.45) is 0. The summed E-state index contributed by atoms with van der Waals surface area (Å²) in [6, 6.07) is 7.66. The molecule has 21 heavy (non-hydrogen) atoms. The van der Waals surface area contributed by atoms with Crippen LogP contribution in [0.5, 0.6) is 0 Å². The first-order chi connectivity index (χ1) is 9.88. The van der Waals surface area contributed by atoms with Crippen molar-refractivity contribution in [2.45, 2.75) is 18.4 Å². The number of sulfonamides is 1. The number of anilines is 1. The number of amides is 1. The molecule has 1 aromatic heterocycles. The molecule has 2 N–H and O–H groups in total. The molecule has 0 unspecified atom stereocenters. The zero-order chi connectivity index (χ0) is 15.5. The second-order valence-electron chi connectivity index (χ2n) is 4.22. The minimum Gasteiger partial charge on any atom is -0.326 e. The first kappa shape index (κ1) is 16.0. The number of halogens is 1. The van der Waals surface area contributed by atoms with Gasteiger partial charge >= 0.3 is 0 Å². The van der Waals surface area contributed by atoms with Gasteiger partial charge in [0, 0.05) is 24.0 Å². The van der Waals surface area contributed by atoms with E-state index in [0.29, 0.717) is 10.7 Å². The number of thiophene rings is 1. The third-order valence-electron chi connectivity index (χ3n) is 2.60. The number of carbonyl (C=O) groups is 1. The Morgan fingerprint density at radius 2 is 1.90 bits per heavy atom. The van der Waals surface area contributed by atoms with Crippen LogP contribution in [-0.4, -0.2) is 14.3 Å². The molecule has 0 aliphatic rings. The molecule has 2 aromatic rings. The highest BCUT2D eigenvalue weighted by Crippen LogP contribution is 2.22. The van der Waals surface area contributed by atoms with E-state index in [1.54, 1.807) is 11.4 Å². The lowest BCUT2D eigenvalue weighted by molar-refractivity contribution is -0.114. The lowest BCUT2D eigenvalue weighted by Crippen LogP contribution is -2.22. The van der Waals surface area contributed by atoms with Crippen molar-refractivity contribution in [3.63, 3.8) is 0 Å². The Labute approximate surface area is 132 Å². The molecule has 0 bridgehead atoms. The Bertz CT molecular complexity index is 739. The number of carbonyl (C=O) groups excluding carboxylic acids is 1. The molecule has 0 fully saturated rings. The summed E-state index contributed by atoms with van der Waals surface area (Å²) in [4.78, 5) is 11.8. The van der Waals surface area contributed by atoms with Crippen LogP contribution in [0.3, 0.4) is 0 Å². The van der Waals surface area contributed by atoms with E-state index >= 15 is 0 Å². The van der Waals surface area contributed by atoms with Crippen LogP contribution in [0.15, 0.2) is 40.6 Å². The van der Waals surface area contributed by atoms with E-state index in [4.69, 9.17) is 11.6 Å². The maximum absolute atomic E-state index is 12.1. The largest absolute Gasteiger partial charge is 0.326 e.